The highest BCUT2D eigenvalue weighted by atomic mass is 35.6. The van der Waals surface area contributed by atoms with Crippen molar-refractivity contribution in [2.45, 2.75) is 10.7 Å². The Bertz CT molecular complexity index is 553. The molecule has 0 radical (unpaired) electrons. The van der Waals surface area contributed by atoms with E-state index >= 15 is 0 Å². The summed E-state index contributed by atoms with van der Waals surface area (Å²) in [5, 5.41) is 10.8. The van der Waals surface area contributed by atoms with Gasteiger partial charge in [-0.15, -0.1) is 0 Å². The Morgan fingerprint density at radius 2 is 1.89 bits per heavy atom. The first-order valence-electron chi connectivity index (χ1n) is 4.71. The third-order valence-electron chi connectivity index (χ3n) is 2.00. The predicted molar refractivity (Wildman–Crippen MR) is 69.0 cm³/mol. The lowest BCUT2D eigenvalue weighted by Gasteiger charge is -2.10. The van der Waals surface area contributed by atoms with Gasteiger partial charge in [-0.05, 0) is 19.1 Å². The first kappa shape index (κ1) is 15.7. The Morgan fingerprint density at radius 1 is 1.32 bits per heavy atom. The maximum absolute atomic E-state index is 11.3. The summed E-state index contributed by atoms with van der Waals surface area (Å²) in [5.74, 6) is -2.06. The number of hydrogen-bond acceptors (Lipinski definition) is 5. The molecule has 0 heterocycles. The Morgan fingerprint density at radius 3 is 2.32 bits per heavy atom. The highest BCUT2D eigenvalue weighted by molar-refractivity contribution is 6.75. The van der Waals surface area contributed by atoms with Crippen molar-refractivity contribution >= 4 is 52.2 Å². The van der Waals surface area contributed by atoms with E-state index in [0.29, 0.717) is 0 Å². The van der Waals surface area contributed by atoms with Crippen LogP contribution in [-0.4, -0.2) is 20.5 Å². The van der Waals surface area contributed by atoms with Crippen LogP contribution in [0.3, 0.4) is 0 Å². The Labute approximate surface area is 122 Å². The number of hydrogen-bond donors (Lipinski definition) is 0. The van der Waals surface area contributed by atoms with Crippen LogP contribution in [0.2, 0.25) is 0 Å². The van der Waals surface area contributed by atoms with Gasteiger partial charge in [-0.2, -0.15) is 0 Å². The van der Waals surface area contributed by atoms with Gasteiger partial charge in [0.1, 0.15) is 0 Å². The average Bonchev–Trinajstić information content (AvgIpc) is 2.27. The van der Waals surface area contributed by atoms with Gasteiger partial charge in [0.05, 0.1) is 4.92 Å². The predicted octanol–water partition coefficient (Wildman–Crippen LogP) is 3.07. The number of benzene rings is 1. The van der Waals surface area contributed by atoms with Crippen molar-refractivity contribution < 1.29 is 19.2 Å². The van der Waals surface area contributed by atoms with Gasteiger partial charge in [-0.1, -0.05) is 34.8 Å². The summed E-state index contributed by atoms with van der Waals surface area (Å²) in [4.78, 5) is 32.5. The fourth-order valence-corrected chi connectivity index (χ4v) is 1.24. The number of nitrogens with zero attached hydrogens (tertiary/aromatic N) is 1. The highest BCUT2D eigenvalue weighted by Crippen LogP contribution is 2.33. The van der Waals surface area contributed by atoms with Gasteiger partial charge in [0.15, 0.2) is 5.78 Å². The molecule has 1 aromatic rings. The minimum atomic E-state index is -2.35. The zero-order valence-corrected chi connectivity index (χ0v) is 11.6. The van der Waals surface area contributed by atoms with Crippen LogP contribution < -0.4 is 4.74 Å². The van der Waals surface area contributed by atoms with Crippen LogP contribution in [0.4, 0.5) is 5.69 Å². The van der Waals surface area contributed by atoms with Crippen molar-refractivity contribution in [1.82, 2.24) is 0 Å². The average molecular weight is 327 g/mol. The molecule has 0 unspecified atom stereocenters. The van der Waals surface area contributed by atoms with Crippen LogP contribution in [-0.2, 0) is 4.79 Å². The monoisotopic (exact) mass is 325 g/mol. The van der Waals surface area contributed by atoms with Crippen LogP contribution in [0.5, 0.6) is 5.75 Å². The maximum atomic E-state index is 11.3. The number of ketones is 1. The van der Waals surface area contributed by atoms with Crippen molar-refractivity contribution in [3.8, 4) is 5.75 Å². The second-order valence-electron chi connectivity index (χ2n) is 3.38. The third-order valence-corrected chi connectivity index (χ3v) is 2.46. The van der Waals surface area contributed by atoms with E-state index in [0.717, 1.165) is 12.1 Å². The normalized spacial score (nSPS) is 10.9. The van der Waals surface area contributed by atoms with Crippen molar-refractivity contribution in [2.24, 2.45) is 0 Å². The maximum Gasteiger partial charge on any atom is 0.364 e. The van der Waals surface area contributed by atoms with E-state index in [9.17, 15) is 19.7 Å². The van der Waals surface area contributed by atoms with E-state index in [1.807, 2.05) is 0 Å². The molecule has 1 aromatic carbocycles. The zero-order valence-electron chi connectivity index (χ0n) is 9.35. The summed E-state index contributed by atoms with van der Waals surface area (Å²) in [7, 11) is 0. The molecular formula is C10H6Cl3NO5. The van der Waals surface area contributed by atoms with Gasteiger partial charge in [0, 0.05) is 11.6 Å². The van der Waals surface area contributed by atoms with Crippen LogP contribution in [0.1, 0.15) is 17.3 Å². The second-order valence-corrected chi connectivity index (χ2v) is 5.66. The Kier molecular flexibility index (Phi) is 4.73. The summed E-state index contributed by atoms with van der Waals surface area (Å²) in [6.07, 6.45) is 0. The lowest BCUT2D eigenvalue weighted by Crippen LogP contribution is -2.25. The zero-order chi connectivity index (χ0) is 14.8. The second kappa shape index (κ2) is 5.73. The van der Waals surface area contributed by atoms with Crippen molar-refractivity contribution in [1.29, 1.82) is 0 Å². The van der Waals surface area contributed by atoms with Gasteiger partial charge in [0.2, 0.25) is 5.75 Å². The molecule has 0 aliphatic heterocycles. The molecule has 0 saturated carbocycles. The van der Waals surface area contributed by atoms with Gasteiger partial charge >= 0.3 is 11.7 Å². The number of carbonyl (C=O) groups excluding carboxylic acids is 2. The highest BCUT2D eigenvalue weighted by Gasteiger charge is 2.34. The molecule has 0 saturated heterocycles. The third kappa shape index (κ3) is 4.05. The molecular weight excluding hydrogens is 320 g/mol. The Hall–Kier alpha value is -1.37. The van der Waals surface area contributed by atoms with E-state index in [-0.39, 0.29) is 11.3 Å². The van der Waals surface area contributed by atoms with Gasteiger partial charge in [-0.25, -0.2) is 4.79 Å². The molecule has 6 nitrogen and oxygen atoms in total. The van der Waals surface area contributed by atoms with Crippen LogP contribution in [0.15, 0.2) is 18.2 Å². The summed E-state index contributed by atoms with van der Waals surface area (Å²) in [5.41, 5.74) is -0.476. The quantitative estimate of drug-likeness (QED) is 0.213. The molecule has 0 bridgehead atoms. The molecule has 9 heteroatoms. The van der Waals surface area contributed by atoms with Crippen LogP contribution in [0.25, 0.3) is 0 Å². The van der Waals surface area contributed by atoms with Crippen molar-refractivity contribution in [3.63, 3.8) is 0 Å². The number of ether oxygens (including phenoxy) is 1. The largest absolute Gasteiger partial charge is 0.416 e. The molecule has 0 atom stereocenters. The Balaban J connectivity index is 3.18. The summed E-state index contributed by atoms with van der Waals surface area (Å²) in [6, 6.07) is 3.32. The van der Waals surface area contributed by atoms with Crippen LogP contribution in [0, 0.1) is 10.1 Å². The van der Waals surface area contributed by atoms with E-state index < -0.39 is 26.1 Å². The van der Waals surface area contributed by atoms with Gasteiger partial charge < -0.3 is 4.74 Å². The van der Waals surface area contributed by atoms with E-state index in [2.05, 4.69) is 4.74 Å². The number of alkyl halides is 3. The summed E-state index contributed by atoms with van der Waals surface area (Å²) in [6.45, 7) is 1.24. The summed E-state index contributed by atoms with van der Waals surface area (Å²) < 4.78 is 2.26. The molecule has 19 heavy (non-hydrogen) atoms. The first-order chi connectivity index (χ1) is 8.62. The molecule has 0 aromatic heterocycles. The SMILES string of the molecule is CC(=O)c1ccc(OC(=O)C(Cl)(Cl)Cl)c([N+](=O)[O-])c1. The molecule has 0 aliphatic carbocycles. The van der Waals surface area contributed by atoms with Gasteiger partial charge in [-0.3, -0.25) is 14.9 Å². The number of nitro groups is 1. The number of Topliss-reactive ketones (excluding diaryl/α,β-unsaturated/α-hetero) is 1. The number of esters is 1. The van der Waals surface area contributed by atoms with E-state index in [1.165, 1.54) is 13.0 Å². The molecule has 0 amide bonds. The van der Waals surface area contributed by atoms with Crippen molar-refractivity contribution in [2.75, 3.05) is 0 Å². The number of carbonyl (C=O) groups is 2. The van der Waals surface area contributed by atoms with E-state index in [1.54, 1.807) is 0 Å². The van der Waals surface area contributed by atoms with E-state index in [4.69, 9.17) is 34.8 Å². The fraction of sp³-hybridized carbons (Fsp3) is 0.200. The van der Waals surface area contributed by atoms with Crippen LogP contribution >= 0.6 is 34.8 Å². The standard InChI is InChI=1S/C10H6Cl3NO5/c1-5(15)6-2-3-8(7(4-6)14(17)18)19-9(16)10(11,12)13/h2-4H,1H3. The fourth-order valence-electron chi connectivity index (χ4n) is 1.12. The molecule has 0 N–H and O–H groups in total. The number of rotatable bonds is 3. The molecule has 0 aliphatic rings. The first-order valence-corrected chi connectivity index (χ1v) is 5.84. The lowest BCUT2D eigenvalue weighted by atomic mass is 10.1. The number of halogens is 3. The number of nitro benzene ring substituents is 1. The lowest BCUT2D eigenvalue weighted by molar-refractivity contribution is -0.385. The topological polar surface area (TPSA) is 86.5 Å². The van der Waals surface area contributed by atoms with Gasteiger partial charge in [0.25, 0.3) is 3.79 Å². The molecule has 0 fully saturated rings. The smallest absolute Gasteiger partial charge is 0.364 e. The molecule has 102 valence electrons. The molecule has 0 spiro atoms. The van der Waals surface area contributed by atoms with Crippen molar-refractivity contribution in [3.05, 3.63) is 33.9 Å². The minimum Gasteiger partial charge on any atom is -0.416 e. The molecule has 1 rings (SSSR count). The minimum absolute atomic E-state index is 0.0976. The summed E-state index contributed by atoms with van der Waals surface area (Å²) >= 11 is 15.8.